The van der Waals surface area contributed by atoms with Crippen molar-refractivity contribution in [3.8, 4) is 5.75 Å². The van der Waals surface area contributed by atoms with Crippen molar-refractivity contribution in [2.45, 2.75) is 12.6 Å². The highest BCUT2D eigenvalue weighted by Gasteiger charge is 2.33. The van der Waals surface area contributed by atoms with Crippen molar-refractivity contribution in [1.82, 2.24) is 30.0 Å². The van der Waals surface area contributed by atoms with Gasteiger partial charge in [0.2, 0.25) is 0 Å². The second kappa shape index (κ2) is 10.1. The van der Waals surface area contributed by atoms with Gasteiger partial charge in [-0.05, 0) is 46.3 Å². The number of methoxy groups -OCH3 is 1. The lowest BCUT2D eigenvalue weighted by atomic mass is 10.0. The number of tetrazole rings is 1. The van der Waals surface area contributed by atoms with Gasteiger partial charge >= 0.3 is 0 Å². The number of halogens is 1. The minimum absolute atomic E-state index is 0.151. The first-order valence-electron chi connectivity index (χ1n) is 11.3. The summed E-state index contributed by atoms with van der Waals surface area (Å²) in [4.78, 5) is 16.6. The van der Waals surface area contributed by atoms with Crippen molar-refractivity contribution in [3.05, 3.63) is 95.5 Å². The molecule has 1 amide bonds. The molecule has 1 atom stereocenters. The van der Waals surface area contributed by atoms with E-state index in [0.717, 1.165) is 11.3 Å². The molecule has 0 N–H and O–H groups in total. The molecule has 0 spiro atoms. The van der Waals surface area contributed by atoms with E-state index >= 15 is 4.39 Å². The molecule has 9 nitrogen and oxygen atoms in total. The average Bonchev–Trinajstić information content (AvgIpc) is 3.59. The molecule has 1 fully saturated rings. The van der Waals surface area contributed by atoms with Crippen LogP contribution in [0.1, 0.15) is 33.5 Å². The van der Waals surface area contributed by atoms with E-state index in [0.29, 0.717) is 49.9 Å². The third-order valence-corrected chi connectivity index (χ3v) is 6.19. The van der Waals surface area contributed by atoms with E-state index in [1.165, 1.54) is 12.3 Å². The van der Waals surface area contributed by atoms with Gasteiger partial charge in [-0.2, -0.15) is 0 Å². The number of benzene rings is 2. The molecule has 3 heterocycles. The SMILES string of the molecule is COc1ccc(Cn2nnnc2[C@H](c2ccccc2F)N2CCN(C(=O)c3ccco3)CC2)cc1. The molecular weight excluding hydrogens is 451 g/mol. The van der Waals surface area contributed by atoms with Crippen molar-refractivity contribution in [2.75, 3.05) is 33.3 Å². The quantitative estimate of drug-likeness (QED) is 0.405. The maximum absolute atomic E-state index is 15.0. The number of hydrogen-bond acceptors (Lipinski definition) is 7. The zero-order valence-electron chi connectivity index (χ0n) is 19.2. The van der Waals surface area contributed by atoms with Crippen LogP contribution in [0, 0.1) is 5.82 Å². The number of rotatable bonds is 7. The van der Waals surface area contributed by atoms with Crippen molar-refractivity contribution >= 4 is 5.91 Å². The van der Waals surface area contributed by atoms with E-state index in [-0.39, 0.29) is 11.7 Å². The Morgan fingerprint density at radius 2 is 1.83 bits per heavy atom. The summed E-state index contributed by atoms with van der Waals surface area (Å²) in [5, 5.41) is 12.4. The van der Waals surface area contributed by atoms with Gasteiger partial charge in [0.05, 0.1) is 19.9 Å². The molecule has 2 aromatic carbocycles. The normalized spacial score (nSPS) is 15.2. The van der Waals surface area contributed by atoms with Crippen LogP contribution in [0.5, 0.6) is 5.75 Å². The summed E-state index contributed by atoms with van der Waals surface area (Å²) in [6.45, 7) is 2.44. The van der Waals surface area contributed by atoms with Crippen LogP contribution in [0.3, 0.4) is 0 Å². The number of aromatic nitrogens is 4. The summed E-state index contributed by atoms with van der Waals surface area (Å²) in [5.74, 6) is 1.13. The fourth-order valence-electron chi connectivity index (χ4n) is 4.36. The summed E-state index contributed by atoms with van der Waals surface area (Å²) >= 11 is 0. The summed E-state index contributed by atoms with van der Waals surface area (Å²) in [6.07, 6.45) is 1.49. The Bertz CT molecular complexity index is 1270. The molecule has 0 bridgehead atoms. The predicted octanol–water partition coefficient (Wildman–Crippen LogP) is 3.01. The Morgan fingerprint density at radius 3 is 2.51 bits per heavy atom. The summed E-state index contributed by atoms with van der Waals surface area (Å²) < 4.78 is 27.2. The van der Waals surface area contributed by atoms with Crippen LogP contribution < -0.4 is 4.74 Å². The standard InChI is InChI=1S/C25H25FN6O3/c1-34-19-10-8-18(9-11-19)17-32-24(27-28-29-32)23(20-5-2-3-6-21(20)26)30-12-14-31(15-13-30)25(33)22-7-4-16-35-22/h2-11,16,23H,12-15,17H2,1H3/t23-/m0/s1. The number of amides is 1. The summed E-state index contributed by atoms with van der Waals surface area (Å²) in [5.41, 5.74) is 1.48. The Morgan fingerprint density at radius 1 is 1.06 bits per heavy atom. The summed E-state index contributed by atoms with van der Waals surface area (Å²) in [7, 11) is 1.62. The Labute approximate surface area is 201 Å². The van der Waals surface area contributed by atoms with E-state index in [2.05, 4.69) is 20.4 Å². The highest BCUT2D eigenvalue weighted by molar-refractivity contribution is 5.91. The smallest absolute Gasteiger partial charge is 0.289 e. The predicted molar refractivity (Wildman–Crippen MR) is 124 cm³/mol. The molecule has 1 saturated heterocycles. The number of ether oxygens (including phenoxy) is 1. The first-order valence-corrected chi connectivity index (χ1v) is 11.3. The highest BCUT2D eigenvalue weighted by atomic mass is 19.1. The molecule has 4 aromatic rings. The average molecular weight is 477 g/mol. The lowest BCUT2D eigenvalue weighted by molar-refractivity contribution is 0.0557. The Hall–Kier alpha value is -4.05. The van der Waals surface area contributed by atoms with Crippen LogP contribution in [0.25, 0.3) is 0 Å². The van der Waals surface area contributed by atoms with Crippen LogP contribution in [0.2, 0.25) is 0 Å². The molecule has 1 aliphatic heterocycles. The third-order valence-electron chi connectivity index (χ3n) is 6.19. The number of hydrogen-bond donors (Lipinski definition) is 0. The number of carbonyl (C=O) groups excluding carboxylic acids is 1. The van der Waals surface area contributed by atoms with Gasteiger partial charge in [0.15, 0.2) is 11.6 Å². The van der Waals surface area contributed by atoms with Crippen molar-refractivity contribution < 1.29 is 18.3 Å². The molecule has 0 unspecified atom stereocenters. The van der Waals surface area contributed by atoms with Gasteiger partial charge in [-0.3, -0.25) is 9.69 Å². The molecule has 0 aliphatic carbocycles. The second-order valence-electron chi connectivity index (χ2n) is 8.27. The minimum atomic E-state index is -0.509. The van der Waals surface area contributed by atoms with Crippen LogP contribution in [-0.2, 0) is 6.54 Å². The number of carbonyl (C=O) groups is 1. The largest absolute Gasteiger partial charge is 0.497 e. The maximum Gasteiger partial charge on any atom is 0.289 e. The molecule has 0 saturated carbocycles. The van der Waals surface area contributed by atoms with Crippen molar-refractivity contribution in [2.24, 2.45) is 0 Å². The van der Waals surface area contributed by atoms with E-state index in [9.17, 15) is 4.79 Å². The van der Waals surface area contributed by atoms with E-state index < -0.39 is 6.04 Å². The van der Waals surface area contributed by atoms with Gasteiger partial charge in [0.25, 0.3) is 5.91 Å². The lowest BCUT2D eigenvalue weighted by Crippen LogP contribution is -2.50. The molecule has 180 valence electrons. The van der Waals surface area contributed by atoms with Crippen molar-refractivity contribution in [1.29, 1.82) is 0 Å². The topological polar surface area (TPSA) is 89.5 Å². The maximum atomic E-state index is 15.0. The molecule has 1 aliphatic rings. The molecule has 2 aromatic heterocycles. The zero-order chi connectivity index (χ0) is 24.2. The van der Waals surface area contributed by atoms with Gasteiger partial charge in [-0.1, -0.05) is 30.3 Å². The van der Waals surface area contributed by atoms with E-state index in [1.54, 1.807) is 47.0 Å². The van der Waals surface area contributed by atoms with E-state index in [4.69, 9.17) is 9.15 Å². The Kier molecular flexibility index (Phi) is 6.53. The van der Waals surface area contributed by atoms with Crippen LogP contribution in [0.4, 0.5) is 4.39 Å². The number of piperazine rings is 1. The Balaban J connectivity index is 1.41. The minimum Gasteiger partial charge on any atom is -0.497 e. The fraction of sp³-hybridized carbons (Fsp3) is 0.280. The monoisotopic (exact) mass is 476 g/mol. The van der Waals surface area contributed by atoms with Gasteiger partial charge < -0.3 is 14.1 Å². The first-order chi connectivity index (χ1) is 17.1. The van der Waals surface area contributed by atoms with Crippen LogP contribution in [0.15, 0.2) is 71.3 Å². The highest BCUT2D eigenvalue weighted by Crippen LogP contribution is 2.30. The first kappa shape index (κ1) is 22.7. The van der Waals surface area contributed by atoms with E-state index in [1.807, 2.05) is 24.3 Å². The summed E-state index contributed by atoms with van der Waals surface area (Å²) in [6, 6.07) is 17.2. The third kappa shape index (κ3) is 4.78. The second-order valence-corrected chi connectivity index (χ2v) is 8.27. The van der Waals surface area contributed by atoms with Gasteiger partial charge in [-0.25, -0.2) is 9.07 Å². The van der Waals surface area contributed by atoms with Crippen LogP contribution in [-0.4, -0.2) is 69.2 Å². The fourth-order valence-corrected chi connectivity index (χ4v) is 4.36. The molecular formula is C25H25FN6O3. The molecule has 0 radical (unpaired) electrons. The lowest BCUT2D eigenvalue weighted by Gasteiger charge is -2.38. The number of furan rings is 1. The number of nitrogens with zero attached hydrogens (tertiary/aromatic N) is 6. The zero-order valence-corrected chi connectivity index (χ0v) is 19.2. The molecule has 5 rings (SSSR count). The van der Waals surface area contributed by atoms with Gasteiger partial charge in [0, 0.05) is 31.7 Å². The van der Waals surface area contributed by atoms with Crippen LogP contribution >= 0.6 is 0 Å². The molecule has 10 heteroatoms. The van der Waals surface area contributed by atoms with Gasteiger partial charge in [0.1, 0.15) is 17.6 Å². The van der Waals surface area contributed by atoms with Crippen molar-refractivity contribution in [3.63, 3.8) is 0 Å². The molecule has 35 heavy (non-hydrogen) atoms. The van der Waals surface area contributed by atoms with Gasteiger partial charge in [-0.15, -0.1) is 5.10 Å².